The number of phosphoric acid groups is 2. The number of aromatic nitrogens is 2. The van der Waals surface area contributed by atoms with Gasteiger partial charge in [-0.15, -0.1) is 0 Å². The van der Waals surface area contributed by atoms with Crippen LogP contribution in [0.25, 0.3) is 0 Å². The van der Waals surface area contributed by atoms with E-state index in [-0.39, 0.29) is 5.82 Å². The lowest BCUT2D eigenvalue weighted by Crippen LogP contribution is -2.36. The minimum atomic E-state index is -5.32. The lowest BCUT2D eigenvalue weighted by molar-refractivity contribution is -0.0845. The standard InChI is InChI=1S/C10H15F2N3O9P2/c11-10(12)3-6(5-22-26(20,21)24-25(17,18)19)23-7(10)4-15-2-1-8(13)14-9(15)16/h1-2,6-7H,3-5H2,(H,20,21)(H2,13,14,16)(H2,17,18,19)/t6-,7-/m0/s1. The van der Waals surface area contributed by atoms with Gasteiger partial charge in [0.25, 0.3) is 5.92 Å². The maximum Gasteiger partial charge on any atom is 0.481 e. The molecule has 148 valence electrons. The molecule has 26 heavy (non-hydrogen) atoms. The molecule has 1 aliphatic heterocycles. The number of nitrogen functional groups attached to an aromatic ring is 1. The van der Waals surface area contributed by atoms with Gasteiger partial charge in [-0.3, -0.25) is 9.09 Å². The summed E-state index contributed by atoms with van der Waals surface area (Å²) in [6.45, 7) is -1.46. The van der Waals surface area contributed by atoms with Gasteiger partial charge in [0.2, 0.25) is 0 Å². The first kappa shape index (κ1) is 21.1. The van der Waals surface area contributed by atoms with Crippen LogP contribution in [0.1, 0.15) is 6.42 Å². The molecular weight excluding hydrogens is 406 g/mol. The number of ether oxygens (including phenoxy) is 1. The van der Waals surface area contributed by atoms with Crippen molar-refractivity contribution < 1.29 is 46.2 Å². The number of anilines is 1. The Kier molecular flexibility index (Phi) is 6.00. The third kappa shape index (κ3) is 5.89. The zero-order valence-corrected chi connectivity index (χ0v) is 14.6. The van der Waals surface area contributed by atoms with Crippen LogP contribution < -0.4 is 11.4 Å². The van der Waals surface area contributed by atoms with Crippen LogP contribution in [-0.4, -0.2) is 49.0 Å². The minimum absolute atomic E-state index is 0.0830. The summed E-state index contributed by atoms with van der Waals surface area (Å²) in [6, 6.07) is 1.23. The molecule has 1 unspecified atom stereocenters. The average molecular weight is 421 g/mol. The molecule has 1 aromatic heterocycles. The summed E-state index contributed by atoms with van der Waals surface area (Å²) in [6.07, 6.45) is -2.90. The molecule has 12 nitrogen and oxygen atoms in total. The van der Waals surface area contributed by atoms with Gasteiger partial charge in [-0.1, -0.05) is 0 Å². The van der Waals surface area contributed by atoms with Crippen molar-refractivity contribution in [1.82, 2.24) is 9.55 Å². The van der Waals surface area contributed by atoms with E-state index < -0.39 is 59.0 Å². The first-order valence-electron chi connectivity index (χ1n) is 6.88. The molecule has 1 fully saturated rings. The van der Waals surface area contributed by atoms with Crippen molar-refractivity contribution in [2.45, 2.75) is 31.1 Å². The number of phosphoric ester groups is 1. The summed E-state index contributed by atoms with van der Waals surface area (Å²) in [7, 11) is -10.5. The number of rotatable bonds is 7. The summed E-state index contributed by atoms with van der Waals surface area (Å²) in [5.41, 5.74) is 4.44. The van der Waals surface area contributed by atoms with Crippen LogP contribution in [0.5, 0.6) is 0 Å². The van der Waals surface area contributed by atoms with E-state index in [2.05, 4.69) is 13.8 Å². The van der Waals surface area contributed by atoms with E-state index in [1.54, 1.807) is 0 Å². The zero-order chi connectivity index (χ0) is 19.8. The molecule has 0 aromatic carbocycles. The Morgan fingerprint density at radius 1 is 1.42 bits per heavy atom. The average Bonchev–Trinajstić information content (AvgIpc) is 2.72. The van der Waals surface area contributed by atoms with Crippen molar-refractivity contribution in [3.05, 3.63) is 22.7 Å². The second kappa shape index (κ2) is 7.41. The maximum atomic E-state index is 14.0. The molecule has 2 rings (SSSR count). The second-order valence-electron chi connectivity index (χ2n) is 5.34. The molecule has 0 saturated carbocycles. The van der Waals surface area contributed by atoms with Crippen LogP contribution in [0.2, 0.25) is 0 Å². The third-order valence-corrected chi connectivity index (χ3v) is 5.37. The second-order valence-corrected chi connectivity index (χ2v) is 8.17. The molecule has 0 radical (unpaired) electrons. The molecule has 1 saturated heterocycles. The normalized spacial score (nSPS) is 25.1. The van der Waals surface area contributed by atoms with Crippen LogP contribution in [0.15, 0.2) is 17.1 Å². The molecule has 0 aliphatic carbocycles. The highest BCUT2D eigenvalue weighted by Crippen LogP contribution is 2.57. The number of hydrogen-bond acceptors (Lipinski definition) is 8. The maximum absolute atomic E-state index is 14.0. The van der Waals surface area contributed by atoms with E-state index in [0.717, 1.165) is 10.8 Å². The molecular formula is C10H15F2N3O9P2. The summed E-state index contributed by atoms with van der Waals surface area (Å²) in [5, 5.41) is 0. The number of nitrogens with two attached hydrogens (primary N) is 1. The van der Waals surface area contributed by atoms with Crippen LogP contribution in [0.4, 0.5) is 14.6 Å². The predicted octanol–water partition coefficient (Wildman–Crippen LogP) is -0.155. The molecule has 0 bridgehead atoms. The molecule has 2 heterocycles. The van der Waals surface area contributed by atoms with Gasteiger partial charge in [-0.2, -0.15) is 9.29 Å². The molecule has 16 heteroatoms. The van der Waals surface area contributed by atoms with Crippen molar-refractivity contribution in [3.63, 3.8) is 0 Å². The Morgan fingerprint density at radius 2 is 2.08 bits per heavy atom. The highest BCUT2D eigenvalue weighted by molar-refractivity contribution is 7.60. The number of halogens is 2. The highest BCUT2D eigenvalue weighted by Gasteiger charge is 2.51. The van der Waals surface area contributed by atoms with Gasteiger partial charge >= 0.3 is 21.3 Å². The van der Waals surface area contributed by atoms with Crippen molar-refractivity contribution >= 4 is 21.5 Å². The van der Waals surface area contributed by atoms with Gasteiger partial charge in [-0.05, 0) is 6.07 Å². The first-order chi connectivity index (χ1) is 11.8. The van der Waals surface area contributed by atoms with Crippen LogP contribution in [0.3, 0.4) is 0 Å². The summed E-state index contributed by atoms with van der Waals surface area (Å²) in [5.74, 6) is -3.49. The van der Waals surface area contributed by atoms with Crippen LogP contribution >= 0.6 is 15.6 Å². The molecule has 1 aromatic rings. The lowest BCUT2D eigenvalue weighted by Gasteiger charge is -2.18. The highest BCUT2D eigenvalue weighted by atomic mass is 31.3. The fourth-order valence-corrected chi connectivity index (χ4v) is 3.80. The Balaban J connectivity index is 2.00. The van der Waals surface area contributed by atoms with Crippen molar-refractivity contribution in [2.24, 2.45) is 0 Å². The molecule has 0 spiro atoms. The molecule has 1 aliphatic rings. The first-order valence-corrected chi connectivity index (χ1v) is 9.90. The van der Waals surface area contributed by atoms with Gasteiger partial charge in [0.05, 0.1) is 19.3 Å². The Hall–Kier alpha value is -1.24. The Morgan fingerprint density at radius 3 is 2.65 bits per heavy atom. The smallest absolute Gasteiger partial charge is 0.383 e. The van der Waals surface area contributed by atoms with Gasteiger partial charge in [0.1, 0.15) is 11.9 Å². The molecule has 3 atom stereocenters. The van der Waals surface area contributed by atoms with Gasteiger partial charge in [0.15, 0.2) is 0 Å². The SMILES string of the molecule is Nc1ccn(C[C@@H]2O[C@H](COP(=O)(O)OP(=O)(O)O)CC2(F)F)c(=O)n1. The quantitative estimate of drug-likeness (QED) is 0.429. The van der Waals surface area contributed by atoms with E-state index in [0.29, 0.717) is 0 Å². The van der Waals surface area contributed by atoms with Crippen molar-refractivity contribution in [3.8, 4) is 0 Å². The van der Waals surface area contributed by atoms with Crippen LogP contribution in [0, 0.1) is 0 Å². The Labute approximate surface area is 144 Å². The van der Waals surface area contributed by atoms with Gasteiger partial charge < -0.3 is 25.2 Å². The minimum Gasteiger partial charge on any atom is -0.383 e. The largest absolute Gasteiger partial charge is 0.481 e. The third-order valence-electron chi connectivity index (χ3n) is 3.22. The van der Waals surface area contributed by atoms with E-state index in [9.17, 15) is 22.7 Å². The number of alkyl halides is 2. The van der Waals surface area contributed by atoms with E-state index in [1.165, 1.54) is 6.07 Å². The van der Waals surface area contributed by atoms with Crippen molar-refractivity contribution in [1.29, 1.82) is 0 Å². The van der Waals surface area contributed by atoms with Crippen LogP contribution in [-0.2, 0) is 29.2 Å². The van der Waals surface area contributed by atoms with Crippen molar-refractivity contribution in [2.75, 3.05) is 12.3 Å². The summed E-state index contributed by atoms with van der Waals surface area (Å²) < 4.78 is 63.5. The van der Waals surface area contributed by atoms with Gasteiger partial charge in [0, 0.05) is 12.6 Å². The van der Waals surface area contributed by atoms with E-state index >= 15 is 0 Å². The summed E-state index contributed by atoms with van der Waals surface area (Å²) >= 11 is 0. The monoisotopic (exact) mass is 421 g/mol. The zero-order valence-electron chi connectivity index (χ0n) is 12.8. The van der Waals surface area contributed by atoms with E-state index in [4.69, 9.17) is 25.2 Å². The number of hydrogen-bond donors (Lipinski definition) is 4. The predicted molar refractivity (Wildman–Crippen MR) is 80.0 cm³/mol. The fraction of sp³-hybridized carbons (Fsp3) is 0.600. The lowest BCUT2D eigenvalue weighted by atomic mass is 10.1. The molecule has 0 amide bonds. The number of nitrogens with zero attached hydrogens (tertiary/aromatic N) is 2. The topological polar surface area (TPSA) is 183 Å². The fourth-order valence-electron chi connectivity index (χ4n) is 2.18. The van der Waals surface area contributed by atoms with E-state index in [1.807, 2.05) is 0 Å². The Bertz CT molecular complexity index is 813. The summed E-state index contributed by atoms with van der Waals surface area (Å²) in [4.78, 5) is 41.0. The van der Waals surface area contributed by atoms with Gasteiger partial charge in [-0.25, -0.2) is 22.7 Å². The molecule has 5 N–H and O–H groups in total.